The van der Waals surface area contributed by atoms with Gasteiger partial charge in [-0.05, 0) is 18.6 Å². The van der Waals surface area contributed by atoms with Crippen molar-refractivity contribution in [3.63, 3.8) is 0 Å². The average Bonchev–Trinajstić information content (AvgIpc) is 2.12. The summed E-state index contributed by atoms with van der Waals surface area (Å²) in [6.07, 6.45) is -0.280. The van der Waals surface area contributed by atoms with Gasteiger partial charge < -0.3 is 4.74 Å². The summed E-state index contributed by atoms with van der Waals surface area (Å²) >= 11 is 0. The molecule has 0 N–H and O–H groups in total. The van der Waals surface area contributed by atoms with Gasteiger partial charge in [0.25, 0.3) is 0 Å². The standard InChI is InChI=1S/C10H11NO2/c1-7-4-3-5-9-8(7)6-13-10(12)11(9)2/h3-5H,6H2,1-2H3. The molecule has 1 amide bonds. The van der Waals surface area contributed by atoms with Gasteiger partial charge in [0, 0.05) is 12.6 Å². The van der Waals surface area contributed by atoms with Crippen LogP contribution in [0.2, 0.25) is 0 Å². The second-order valence-corrected chi connectivity index (χ2v) is 3.19. The first-order chi connectivity index (χ1) is 6.20. The van der Waals surface area contributed by atoms with Crippen LogP contribution >= 0.6 is 0 Å². The van der Waals surface area contributed by atoms with Crippen LogP contribution in [0, 0.1) is 6.92 Å². The maximum atomic E-state index is 11.2. The van der Waals surface area contributed by atoms with Gasteiger partial charge >= 0.3 is 6.09 Å². The molecule has 0 spiro atoms. The Morgan fingerprint density at radius 1 is 1.46 bits per heavy atom. The van der Waals surface area contributed by atoms with E-state index in [4.69, 9.17) is 4.74 Å². The van der Waals surface area contributed by atoms with E-state index in [-0.39, 0.29) is 6.09 Å². The lowest BCUT2D eigenvalue weighted by Crippen LogP contribution is -2.32. The van der Waals surface area contributed by atoms with Crippen molar-refractivity contribution < 1.29 is 9.53 Å². The van der Waals surface area contributed by atoms with Crippen LogP contribution in [0.25, 0.3) is 0 Å². The van der Waals surface area contributed by atoms with E-state index in [2.05, 4.69) is 0 Å². The van der Waals surface area contributed by atoms with Crippen molar-refractivity contribution in [2.75, 3.05) is 11.9 Å². The van der Waals surface area contributed by atoms with Crippen molar-refractivity contribution in [2.24, 2.45) is 0 Å². The van der Waals surface area contributed by atoms with Crippen molar-refractivity contribution in [3.05, 3.63) is 29.3 Å². The van der Waals surface area contributed by atoms with Crippen LogP contribution < -0.4 is 4.90 Å². The minimum Gasteiger partial charge on any atom is -0.444 e. The van der Waals surface area contributed by atoms with Gasteiger partial charge in [-0.15, -0.1) is 0 Å². The van der Waals surface area contributed by atoms with Crippen LogP contribution in [0.3, 0.4) is 0 Å². The summed E-state index contributed by atoms with van der Waals surface area (Å²) in [4.78, 5) is 12.7. The molecular weight excluding hydrogens is 166 g/mol. The Hall–Kier alpha value is -1.51. The molecule has 0 saturated heterocycles. The summed E-state index contributed by atoms with van der Waals surface area (Å²) < 4.78 is 4.98. The molecule has 0 unspecified atom stereocenters. The maximum absolute atomic E-state index is 11.2. The number of hydrogen-bond donors (Lipinski definition) is 0. The van der Waals surface area contributed by atoms with E-state index < -0.39 is 0 Å². The molecule has 0 bridgehead atoms. The number of amides is 1. The fraction of sp³-hybridized carbons (Fsp3) is 0.300. The SMILES string of the molecule is Cc1cccc2c1COC(=O)N2C. The third-order valence-corrected chi connectivity index (χ3v) is 2.36. The normalized spacial score (nSPS) is 15.2. The fourth-order valence-electron chi connectivity index (χ4n) is 1.52. The lowest BCUT2D eigenvalue weighted by molar-refractivity contribution is 0.143. The number of cyclic esters (lactones) is 1. The number of ether oxygens (including phenoxy) is 1. The van der Waals surface area contributed by atoms with E-state index in [0.717, 1.165) is 16.8 Å². The van der Waals surface area contributed by atoms with Gasteiger partial charge in [0.2, 0.25) is 0 Å². The van der Waals surface area contributed by atoms with E-state index in [1.165, 1.54) is 4.90 Å². The topological polar surface area (TPSA) is 29.5 Å². The van der Waals surface area contributed by atoms with Gasteiger partial charge in [0.05, 0.1) is 5.69 Å². The largest absolute Gasteiger partial charge is 0.444 e. The monoisotopic (exact) mass is 177 g/mol. The summed E-state index contributed by atoms with van der Waals surface area (Å²) in [5.41, 5.74) is 3.22. The summed E-state index contributed by atoms with van der Waals surface area (Å²) in [6, 6.07) is 5.90. The molecule has 2 rings (SSSR count). The van der Waals surface area contributed by atoms with Gasteiger partial charge in [-0.2, -0.15) is 0 Å². The van der Waals surface area contributed by atoms with E-state index in [9.17, 15) is 4.79 Å². The Kier molecular flexibility index (Phi) is 1.72. The van der Waals surface area contributed by atoms with Crippen molar-refractivity contribution in [1.29, 1.82) is 0 Å². The average molecular weight is 177 g/mol. The Morgan fingerprint density at radius 2 is 2.23 bits per heavy atom. The van der Waals surface area contributed by atoms with Crippen molar-refractivity contribution in [2.45, 2.75) is 13.5 Å². The number of hydrogen-bond acceptors (Lipinski definition) is 2. The highest BCUT2D eigenvalue weighted by atomic mass is 16.6. The molecule has 0 fully saturated rings. The highest BCUT2D eigenvalue weighted by Crippen LogP contribution is 2.27. The first kappa shape index (κ1) is 8.10. The summed E-state index contributed by atoms with van der Waals surface area (Å²) in [7, 11) is 1.72. The molecule has 68 valence electrons. The van der Waals surface area contributed by atoms with Crippen LogP contribution in [0.1, 0.15) is 11.1 Å². The minimum atomic E-state index is -0.280. The maximum Gasteiger partial charge on any atom is 0.414 e. The zero-order valence-corrected chi connectivity index (χ0v) is 7.70. The van der Waals surface area contributed by atoms with E-state index in [1.807, 2.05) is 25.1 Å². The van der Waals surface area contributed by atoms with E-state index in [1.54, 1.807) is 7.05 Å². The van der Waals surface area contributed by atoms with Gasteiger partial charge in [-0.25, -0.2) is 4.79 Å². The molecule has 0 saturated carbocycles. The molecule has 1 heterocycles. The Morgan fingerprint density at radius 3 is 3.00 bits per heavy atom. The van der Waals surface area contributed by atoms with Gasteiger partial charge in [-0.1, -0.05) is 12.1 Å². The number of aryl methyl sites for hydroxylation is 1. The van der Waals surface area contributed by atoms with Gasteiger partial charge in [0.1, 0.15) is 6.61 Å². The number of carbonyl (C=O) groups is 1. The lowest BCUT2D eigenvalue weighted by atomic mass is 10.1. The summed E-state index contributed by atoms with van der Waals surface area (Å²) in [5, 5.41) is 0. The third-order valence-electron chi connectivity index (χ3n) is 2.36. The Labute approximate surface area is 76.9 Å². The van der Waals surface area contributed by atoms with Gasteiger partial charge in [0.15, 0.2) is 0 Å². The number of anilines is 1. The molecule has 13 heavy (non-hydrogen) atoms. The minimum absolute atomic E-state index is 0.280. The van der Waals surface area contributed by atoms with Gasteiger partial charge in [-0.3, -0.25) is 4.90 Å². The Bertz CT molecular complexity index is 360. The summed E-state index contributed by atoms with van der Waals surface area (Å²) in [6.45, 7) is 2.41. The third kappa shape index (κ3) is 1.16. The molecule has 3 nitrogen and oxygen atoms in total. The molecule has 0 aromatic heterocycles. The molecule has 0 radical (unpaired) electrons. The smallest absolute Gasteiger partial charge is 0.414 e. The number of nitrogens with zero attached hydrogens (tertiary/aromatic N) is 1. The van der Waals surface area contributed by atoms with Crippen molar-refractivity contribution >= 4 is 11.8 Å². The number of rotatable bonds is 0. The molecular formula is C10H11NO2. The lowest BCUT2D eigenvalue weighted by Gasteiger charge is -2.26. The first-order valence-corrected chi connectivity index (χ1v) is 4.19. The second-order valence-electron chi connectivity index (χ2n) is 3.19. The number of benzene rings is 1. The molecule has 0 atom stereocenters. The van der Waals surface area contributed by atoms with Crippen LogP contribution in [-0.4, -0.2) is 13.1 Å². The highest BCUT2D eigenvalue weighted by Gasteiger charge is 2.22. The number of fused-ring (bicyclic) bond motifs is 1. The number of carbonyl (C=O) groups excluding carboxylic acids is 1. The fourth-order valence-corrected chi connectivity index (χ4v) is 1.52. The Balaban J connectivity index is 2.55. The first-order valence-electron chi connectivity index (χ1n) is 4.19. The molecule has 0 aliphatic carbocycles. The second kappa shape index (κ2) is 2.76. The van der Waals surface area contributed by atoms with Crippen LogP contribution in [0.4, 0.5) is 10.5 Å². The zero-order valence-electron chi connectivity index (χ0n) is 7.70. The molecule has 3 heteroatoms. The zero-order chi connectivity index (χ0) is 9.42. The highest BCUT2D eigenvalue weighted by molar-refractivity contribution is 5.90. The summed E-state index contributed by atoms with van der Waals surface area (Å²) in [5.74, 6) is 0. The van der Waals surface area contributed by atoms with Crippen LogP contribution in [0.15, 0.2) is 18.2 Å². The quantitative estimate of drug-likeness (QED) is 0.607. The van der Waals surface area contributed by atoms with Crippen molar-refractivity contribution in [1.82, 2.24) is 0 Å². The molecule has 1 aromatic carbocycles. The predicted molar refractivity (Wildman–Crippen MR) is 49.8 cm³/mol. The predicted octanol–water partition coefficient (Wildman–Crippen LogP) is 2.08. The van der Waals surface area contributed by atoms with E-state index >= 15 is 0 Å². The molecule has 1 aliphatic rings. The van der Waals surface area contributed by atoms with Crippen LogP contribution in [-0.2, 0) is 11.3 Å². The van der Waals surface area contributed by atoms with Crippen LogP contribution in [0.5, 0.6) is 0 Å². The van der Waals surface area contributed by atoms with E-state index in [0.29, 0.717) is 6.61 Å². The molecule has 1 aromatic rings. The van der Waals surface area contributed by atoms with Crippen molar-refractivity contribution in [3.8, 4) is 0 Å². The molecule has 1 aliphatic heterocycles.